The van der Waals surface area contributed by atoms with Crippen LogP contribution in [0.1, 0.15) is 18.9 Å². The molecule has 1 aromatic rings. The Bertz CT molecular complexity index is 342. The first-order chi connectivity index (χ1) is 8.83. The fourth-order valence-corrected chi connectivity index (χ4v) is 2.77. The van der Waals surface area contributed by atoms with Gasteiger partial charge in [-0.25, -0.2) is 0 Å². The van der Waals surface area contributed by atoms with Crippen LogP contribution in [0, 0.1) is 5.92 Å². The van der Waals surface area contributed by atoms with Crippen LogP contribution in [0.25, 0.3) is 0 Å². The van der Waals surface area contributed by atoms with Crippen molar-refractivity contribution in [3.05, 3.63) is 35.9 Å². The van der Waals surface area contributed by atoms with Crippen molar-refractivity contribution >= 4 is 0 Å². The number of hydrogen-bond donors (Lipinski definition) is 2. The second-order valence-electron chi connectivity index (χ2n) is 5.12. The van der Waals surface area contributed by atoms with Crippen LogP contribution in [0.4, 0.5) is 0 Å². The van der Waals surface area contributed by atoms with E-state index in [9.17, 15) is 5.11 Å². The van der Waals surface area contributed by atoms with Gasteiger partial charge >= 0.3 is 0 Å². The van der Waals surface area contributed by atoms with Crippen molar-refractivity contribution in [1.29, 1.82) is 0 Å². The number of nitrogens with one attached hydrogen (secondary N) is 1. The van der Waals surface area contributed by atoms with Gasteiger partial charge in [0.2, 0.25) is 0 Å². The molecule has 0 radical (unpaired) electrons. The standard InChI is InChI=1S/C15H24N2O/c1-2-16-15-11-17(9-8-14(15)12-18)10-13-6-4-3-5-7-13/h3-7,14-16,18H,2,8-12H2,1H3/t14-,15-/m1/s1. The number of likely N-dealkylation sites (N-methyl/N-ethyl adjacent to an activating group) is 1. The summed E-state index contributed by atoms with van der Waals surface area (Å²) in [4.78, 5) is 2.48. The summed E-state index contributed by atoms with van der Waals surface area (Å²) < 4.78 is 0. The first-order valence-corrected chi connectivity index (χ1v) is 6.94. The van der Waals surface area contributed by atoms with Crippen LogP contribution < -0.4 is 5.32 Å². The van der Waals surface area contributed by atoms with E-state index in [1.165, 1.54) is 5.56 Å². The van der Waals surface area contributed by atoms with Gasteiger partial charge in [0.15, 0.2) is 0 Å². The number of benzene rings is 1. The van der Waals surface area contributed by atoms with E-state index in [1.54, 1.807) is 0 Å². The lowest BCUT2D eigenvalue weighted by Gasteiger charge is -2.38. The van der Waals surface area contributed by atoms with Crippen LogP contribution in [0.15, 0.2) is 30.3 Å². The fraction of sp³-hybridized carbons (Fsp3) is 0.600. The molecule has 1 fully saturated rings. The molecule has 1 heterocycles. The van der Waals surface area contributed by atoms with Crippen LogP contribution >= 0.6 is 0 Å². The van der Waals surface area contributed by atoms with E-state index in [-0.39, 0.29) is 0 Å². The van der Waals surface area contributed by atoms with E-state index in [1.807, 2.05) is 0 Å². The highest BCUT2D eigenvalue weighted by atomic mass is 16.3. The number of aliphatic hydroxyl groups is 1. The highest BCUT2D eigenvalue weighted by molar-refractivity contribution is 5.14. The molecule has 100 valence electrons. The van der Waals surface area contributed by atoms with Gasteiger partial charge < -0.3 is 10.4 Å². The molecule has 1 aliphatic rings. The summed E-state index contributed by atoms with van der Waals surface area (Å²) in [5.41, 5.74) is 1.37. The molecule has 0 unspecified atom stereocenters. The predicted molar refractivity (Wildman–Crippen MR) is 74.4 cm³/mol. The van der Waals surface area contributed by atoms with E-state index < -0.39 is 0 Å². The Morgan fingerprint density at radius 3 is 2.78 bits per heavy atom. The number of piperidine rings is 1. The zero-order valence-electron chi connectivity index (χ0n) is 11.2. The quantitative estimate of drug-likeness (QED) is 0.828. The minimum Gasteiger partial charge on any atom is -0.396 e. The highest BCUT2D eigenvalue weighted by Gasteiger charge is 2.27. The maximum Gasteiger partial charge on any atom is 0.0475 e. The number of likely N-dealkylation sites (tertiary alicyclic amines) is 1. The van der Waals surface area contributed by atoms with Crippen molar-refractivity contribution in [3.8, 4) is 0 Å². The lowest BCUT2D eigenvalue weighted by atomic mass is 9.92. The van der Waals surface area contributed by atoms with Gasteiger partial charge in [0.25, 0.3) is 0 Å². The summed E-state index contributed by atoms with van der Waals surface area (Å²) in [6.45, 7) is 6.54. The van der Waals surface area contributed by atoms with E-state index >= 15 is 0 Å². The third-order valence-corrected chi connectivity index (χ3v) is 3.79. The Balaban J connectivity index is 1.91. The van der Waals surface area contributed by atoms with E-state index in [0.29, 0.717) is 18.6 Å². The van der Waals surface area contributed by atoms with E-state index in [2.05, 4.69) is 47.5 Å². The summed E-state index contributed by atoms with van der Waals surface area (Å²) in [6, 6.07) is 11.0. The molecule has 1 aromatic carbocycles. The van der Waals surface area contributed by atoms with Crippen molar-refractivity contribution in [2.24, 2.45) is 5.92 Å². The lowest BCUT2D eigenvalue weighted by molar-refractivity contribution is 0.0923. The summed E-state index contributed by atoms with van der Waals surface area (Å²) in [5, 5.41) is 12.9. The minimum atomic E-state index is 0.302. The summed E-state index contributed by atoms with van der Waals surface area (Å²) in [7, 11) is 0. The molecular formula is C15H24N2O. The van der Waals surface area contributed by atoms with Crippen molar-refractivity contribution in [1.82, 2.24) is 10.2 Å². The Kier molecular flexibility index (Phi) is 5.17. The first kappa shape index (κ1) is 13.5. The zero-order chi connectivity index (χ0) is 12.8. The third kappa shape index (κ3) is 3.55. The molecule has 1 aliphatic heterocycles. The van der Waals surface area contributed by atoms with Crippen LogP contribution in [-0.4, -0.2) is 42.3 Å². The highest BCUT2D eigenvalue weighted by Crippen LogP contribution is 2.19. The molecule has 0 aliphatic carbocycles. The Morgan fingerprint density at radius 1 is 1.33 bits per heavy atom. The monoisotopic (exact) mass is 248 g/mol. The topological polar surface area (TPSA) is 35.5 Å². The minimum absolute atomic E-state index is 0.302. The Hall–Kier alpha value is -0.900. The van der Waals surface area contributed by atoms with Crippen LogP contribution in [0.3, 0.4) is 0 Å². The fourth-order valence-electron chi connectivity index (χ4n) is 2.77. The zero-order valence-corrected chi connectivity index (χ0v) is 11.2. The largest absolute Gasteiger partial charge is 0.396 e. The second kappa shape index (κ2) is 6.88. The average Bonchev–Trinajstić information content (AvgIpc) is 2.41. The molecule has 1 saturated heterocycles. The molecule has 0 aromatic heterocycles. The van der Waals surface area contributed by atoms with Crippen LogP contribution in [0.2, 0.25) is 0 Å². The summed E-state index contributed by atoms with van der Waals surface area (Å²) in [5.74, 6) is 0.414. The second-order valence-corrected chi connectivity index (χ2v) is 5.12. The van der Waals surface area contributed by atoms with Crippen LogP contribution in [-0.2, 0) is 6.54 Å². The Labute approximate surface area is 110 Å². The van der Waals surface area contributed by atoms with Gasteiger partial charge in [-0.3, -0.25) is 4.90 Å². The van der Waals surface area contributed by atoms with Crippen molar-refractivity contribution in [2.45, 2.75) is 25.9 Å². The van der Waals surface area contributed by atoms with Gasteiger partial charge in [0.05, 0.1) is 0 Å². The van der Waals surface area contributed by atoms with Crippen LogP contribution in [0.5, 0.6) is 0 Å². The Morgan fingerprint density at radius 2 is 2.11 bits per heavy atom. The maximum atomic E-state index is 9.41. The molecule has 0 bridgehead atoms. The molecule has 2 N–H and O–H groups in total. The SMILES string of the molecule is CCN[C@@H]1CN(Cc2ccccc2)CC[C@@H]1CO. The van der Waals surface area contributed by atoms with Gasteiger partial charge in [-0.1, -0.05) is 37.3 Å². The maximum absolute atomic E-state index is 9.41. The molecule has 2 rings (SSSR count). The van der Waals surface area contributed by atoms with Gasteiger partial charge in [-0.15, -0.1) is 0 Å². The van der Waals surface area contributed by atoms with Crippen molar-refractivity contribution < 1.29 is 5.11 Å². The van der Waals surface area contributed by atoms with Crippen molar-refractivity contribution in [2.75, 3.05) is 26.2 Å². The molecule has 0 amide bonds. The van der Waals surface area contributed by atoms with E-state index in [4.69, 9.17) is 0 Å². The molecule has 2 atom stereocenters. The number of hydrogen-bond acceptors (Lipinski definition) is 3. The predicted octanol–water partition coefficient (Wildman–Crippen LogP) is 1.48. The molecule has 0 spiro atoms. The normalized spacial score (nSPS) is 25.2. The van der Waals surface area contributed by atoms with Crippen molar-refractivity contribution in [3.63, 3.8) is 0 Å². The third-order valence-electron chi connectivity index (χ3n) is 3.79. The van der Waals surface area contributed by atoms with E-state index in [0.717, 1.165) is 32.6 Å². The molecule has 3 nitrogen and oxygen atoms in total. The first-order valence-electron chi connectivity index (χ1n) is 6.94. The molecule has 0 saturated carbocycles. The average molecular weight is 248 g/mol. The number of rotatable bonds is 5. The molecule has 3 heteroatoms. The van der Waals surface area contributed by atoms with Gasteiger partial charge in [-0.05, 0) is 31.0 Å². The lowest BCUT2D eigenvalue weighted by Crippen LogP contribution is -2.51. The molecular weight excluding hydrogens is 224 g/mol. The summed E-state index contributed by atoms with van der Waals surface area (Å²) in [6.07, 6.45) is 1.08. The van der Waals surface area contributed by atoms with Gasteiger partial charge in [0, 0.05) is 25.7 Å². The molecule has 18 heavy (non-hydrogen) atoms. The smallest absolute Gasteiger partial charge is 0.0475 e. The number of nitrogens with zero attached hydrogens (tertiary/aromatic N) is 1. The summed E-state index contributed by atoms with van der Waals surface area (Å²) >= 11 is 0. The van der Waals surface area contributed by atoms with Gasteiger partial charge in [0.1, 0.15) is 0 Å². The van der Waals surface area contributed by atoms with Gasteiger partial charge in [-0.2, -0.15) is 0 Å². The number of aliphatic hydroxyl groups excluding tert-OH is 1.